The van der Waals surface area contributed by atoms with E-state index in [9.17, 15) is 9.59 Å². The highest BCUT2D eigenvalue weighted by molar-refractivity contribution is 6.21. The van der Waals surface area contributed by atoms with E-state index in [4.69, 9.17) is 4.74 Å². The molecule has 2 amide bonds. The summed E-state index contributed by atoms with van der Waals surface area (Å²) in [4.78, 5) is 26.8. The third kappa shape index (κ3) is 3.85. The predicted octanol–water partition coefficient (Wildman–Crippen LogP) is 4.68. The zero-order valence-electron chi connectivity index (χ0n) is 16.5. The van der Waals surface area contributed by atoms with Crippen molar-refractivity contribution in [3.8, 4) is 0 Å². The van der Waals surface area contributed by atoms with Crippen LogP contribution in [-0.4, -0.2) is 35.5 Å². The minimum Gasteiger partial charge on any atom is -0.376 e. The van der Waals surface area contributed by atoms with Gasteiger partial charge in [-0.3, -0.25) is 14.5 Å². The zero-order valence-corrected chi connectivity index (χ0v) is 16.5. The van der Waals surface area contributed by atoms with Gasteiger partial charge >= 0.3 is 0 Å². The van der Waals surface area contributed by atoms with Gasteiger partial charge in [-0.05, 0) is 63.0 Å². The summed E-state index contributed by atoms with van der Waals surface area (Å²) >= 11 is 0. The van der Waals surface area contributed by atoms with E-state index < -0.39 is 0 Å². The Kier molecular flexibility index (Phi) is 5.25. The molecule has 142 valence electrons. The van der Waals surface area contributed by atoms with Gasteiger partial charge in [0, 0.05) is 13.2 Å². The van der Waals surface area contributed by atoms with Crippen molar-refractivity contribution in [3.63, 3.8) is 0 Å². The maximum absolute atomic E-state index is 12.7. The van der Waals surface area contributed by atoms with Crippen LogP contribution in [0.25, 0.3) is 0 Å². The number of rotatable bonds is 6. The molecule has 26 heavy (non-hydrogen) atoms. The molecular weight excluding hydrogens is 326 g/mol. The topological polar surface area (TPSA) is 46.6 Å². The highest BCUT2D eigenvalue weighted by Crippen LogP contribution is 2.46. The van der Waals surface area contributed by atoms with Gasteiger partial charge in [-0.2, -0.15) is 0 Å². The van der Waals surface area contributed by atoms with Crippen LogP contribution in [0.15, 0.2) is 24.3 Å². The molecule has 2 heterocycles. The lowest BCUT2D eigenvalue weighted by Gasteiger charge is -2.46. The molecule has 1 atom stereocenters. The number of imide groups is 1. The summed E-state index contributed by atoms with van der Waals surface area (Å²) in [5.74, 6) is 0.365. The number of benzene rings is 1. The lowest BCUT2D eigenvalue weighted by Crippen LogP contribution is -2.44. The summed E-state index contributed by atoms with van der Waals surface area (Å²) in [7, 11) is 0. The van der Waals surface area contributed by atoms with Gasteiger partial charge in [-0.25, -0.2) is 0 Å². The number of amides is 2. The summed E-state index contributed by atoms with van der Waals surface area (Å²) in [6, 6.07) is 7.14. The molecule has 0 aromatic heterocycles. The Hall–Kier alpha value is -1.68. The minimum atomic E-state index is -0.143. The van der Waals surface area contributed by atoms with Crippen molar-refractivity contribution in [2.24, 2.45) is 11.3 Å². The van der Waals surface area contributed by atoms with Gasteiger partial charge in [-0.1, -0.05) is 32.4 Å². The first kappa shape index (κ1) is 19.1. The quantitative estimate of drug-likeness (QED) is 0.694. The molecule has 4 heteroatoms. The Morgan fingerprint density at radius 3 is 2.23 bits per heavy atom. The van der Waals surface area contributed by atoms with Crippen LogP contribution in [0.2, 0.25) is 0 Å². The number of fused-ring (bicyclic) bond motifs is 1. The van der Waals surface area contributed by atoms with E-state index in [-0.39, 0.29) is 22.8 Å². The fraction of sp³-hybridized carbons (Fsp3) is 0.636. The van der Waals surface area contributed by atoms with E-state index in [0.717, 1.165) is 38.7 Å². The van der Waals surface area contributed by atoms with Gasteiger partial charge in [0.05, 0.1) is 16.7 Å². The molecule has 2 aliphatic rings. The van der Waals surface area contributed by atoms with Gasteiger partial charge in [0.1, 0.15) is 0 Å². The molecular formula is C22H31NO3. The smallest absolute Gasteiger partial charge is 0.261 e. The van der Waals surface area contributed by atoms with Crippen molar-refractivity contribution >= 4 is 11.8 Å². The predicted molar refractivity (Wildman–Crippen MR) is 102 cm³/mol. The number of carbonyl (C=O) groups excluding carboxylic acids is 2. The first-order valence-electron chi connectivity index (χ1n) is 9.82. The standard InChI is InChI=1S/C22H31NO3/c1-16(2)9-10-22(12-14-26-21(3,4)15-22)11-13-23-19(24)17-7-5-6-8-18(17)20(23)25/h5-8,16H,9-15H2,1-4H3. The number of hydrogen-bond donors (Lipinski definition) is 0. The van der Waals surface area contributed by atoms with Gasteiger partial charge < -0.3 is 4.74 Å². The monoisotopic (exact) mass is 357 g/mol. The summed E-state index contributed by atoms with van der Waals surface area (Å²) in [6.45, 7) is 10.1. The van der Waals surface area contributed by atoms with E-state index >= 15 is 0 Å². The highest BCUT2D eigenvalue weighted by atomic mass is 16.5. The first-order valence-corrected chi connectivity index (χ1v) is 9.82. The molecule has 1 aromatic carbocycles. The number of hydrogen-bond acceptors (Lipinski definition) is 3. The van der Waals surface area contributed by atoms with Crippen LogP contribution in [0, 0.1) is 11.3 Å². The maximum Gasteiger partial charge on any atom is 0.261 e. The second-order valence-electron chi connectivity index (χ2n) is 9.02. The minimum absolute atomic E-state index is 0.140. The summed E-state index contributed by atoms with van der Waals surface area (Å²) in [6.07, 6.45) is 5.14. The molecule has 0 bridgehead atoms. The molecule has 0 spiro atoms. The molecule has 0 aliphatic carbocycles. The van der Waals surface area contributed by atoms with Crippen molar-refractivity contribution in [3.05, 3.63) is 35.4 Å². The van der Waals surface area contributed by atoms with Crippen LogP contribution in [0.4, 0.5) is 0 Å². The molecule has 1 aromatic rings. The van der Waals surface area contributed by atoms with Gasteiger partial charge in [0.2, 0.25) is 0 Å². The summed E-state index contributed by atoms with van der Waals surface area (Å²) in [5, 5.41) is 0. The number of nitrogens with zero attached hydrogens (tertiary/aromatic N) is 1. The SMILES string of the molecule is CC(C)CCC1(CCN2C(=O)c3ccccc3C2=O)CCOC(C)(C)C1. The van der Waals surface area contributed by atoms with Crippen molar-refractivity contribution in [2.45, 2.75) is 65.4 Å². The summed E-state index contributed by atoms with van der Waals surface area (Å²) in [5.41, 5.74) is 1.08. The fourth-order valence-corrected chi connectivity index (χ4v) is 4.52. The maximum atomic E-state index is 12.7. The second kappa shape index (κ2) is 7.15. The van der Waals surface area contributed by atoms with Crippen molar-refractivity contribution < 1.29 is 14.3 Å². The van der Waals surface area contributed by atoms with Crippen LogP contribution in [-0.2, 0) is 4.74 Å². The number of carbonyl (C=O) groups is 2. The third-order valence-electron chi connectivity index (χ3n) is 5.92. The molecule has 2 aliphatic heterocycles. The van der Waals surface area contributed by atoms with Crippen LogP contribution in [0.1, 0.15) is 80.5 Å². The third-order valence-corrected chi connectivity index (χ3v) is 5.92. The van der Waals surface area contributed by atoms with Crippen molar-refractivity contribution in [1.29, 1.82) is 0 Å². The Labute approximate surface area is 156 Å². The average Bonchev–Trinajstić information content (AvgIpc) is 2.82. The molecule has 4 nitrogen and oxygen atoms in total. The second-order valence-corrected chi connectivity index (χ2v) is 9.02. The summed E-state index contributed by atoms with van der Waals surface area (Å²) < 4.78 is 5.94. The van der Waals surface area contributed by atoms with E-state index in [2.05, 4.69) is 27.7 Å². The Morgan fingerprint density at radius 2 is 1.69 bits per heavy atom. The lowest BCUT2D eigenvalue weighted by atomic mass is 9.68. The van der Waals surface area contributed by atoms with E-state index in [1.54, 1.807) is 12.1 Å². The van der Waals surface area contributed by atoms with Gasteiger partial charge in [-0.15, -0.1) is 0 Å². The number of ether oxygens (including phenoxy) is 1. The highest BCUT2D eigenvalue weighted by Gasteiger charge is 2.42. The van der Waals surface area contributed by atoms with E-state index in [1.165, 1.54) is 4.90 Å². The van der Waals surface area contributed by atoms with Crippen LogP contribution in [0.5, 0.6) is 0 Å². The van der Waals surface area contributed by atoms with Crippen molar-refractivity contribution in [2.75, 3.05) is 13.2 Å². The zero-order chi connectivity index (χ0) is 18.9. The molecule has 1 fully saturated rings. The average molecular weight is 357 g/mol. The van der Waals surface area contributed by atoms with Crippen LogP contribution in [0.3, 0.4) is 0 Å². The first-order chi connectivity index (χ1) is 12.2. The van der Waals surface area contributed by atoms with E-state index in [0.29, 0.717) is 23.6 Å². The van der Waals surface area contributed by atoms with Crippen LogP contribution < -0.4 is 0 Å². The lowest BCUT2D eigenvalue weighted by molar-refractivity contribution is -0.111. The fourth-order valence-electron chi connectivity index (χ4n) is 4.52. The molecule has 3 rings (SSSR count). The van der Waals surface area contributed by atoms with Gasteiger partial charge in [0.25, 0.3) is 11.8 Å². The van der Waals surface area contributed by atoms with Crippen molar-refractivity contribution in [1.82, 2.24) is 4.90 Å². The Morgan fingerprint density at radius 1 is 1.08 bits per heavy atom. The Balaban J connectivity index is 1.74. The molecule has 0 N–H and O–H groups in total. The molecule has 0 saturated carbocycles. The van der Waals surface area contributed by atoms with E-state index in [1.807, 2.05) is 12.1 Å². The normalized spacial score (nSPS) is 25.0. The molecule has 1 unspecified atom stereocenters. The Bertz CT molecular complexity index is 659. The largest absolute Gasteiger partial charge is 0.376 e. The van der Waals surface area contributed by atoms with Crippen LogP contribution >= 0.6 is 0 Å². The molecule has 0 radical (unpaired) electrons. The van der Waals surface area contributed by atoms with Gasteiger partial charge in [0.15, 0.2) is 0 Å². The molecule has 1 saturated heterocycles.